The van der Waals surface area contributed by atoms with Gasteiger partial charge in [-0.1, -0.05) is 99.4 Å². The van der Waals surface area contributed by atoms with Crippen LogP contribution in [0, 0.1) is 23.8 Å². The number of carbonyl (C=O) groups excluding carboxylic acids is 1. The Morgan fingerprint density at radius 3 is 2.14 bits per heavy atom. The fourth-order valence-corrected chi connectivity index (χ4v) is 3.55. The molecule has 2 aromatic carbocycles. The Kier molecular flexibility index (Phi) is 11.7. The molecule has 1 heterocycles. The Balaban J connectivity index is 0.000000402. The van der Waals surface area contributed by atoms with Crippen LogP contribution < -0.4 is 0 Å². The number of fused-ring (bicyclic) bond motifs is 1. The number of aryl methyl sites for hydroxylation is 1. The summed E-state index contributed by atoms with van der Waals surface area (Å²) in [7, 11) is 0. The third-order valence-corrected chi connectivity index (χ3v) is 6.03. The van der Waals surface area contributed by atoms with Crippen LogP contribution in [0.1, 0.15) is 85.3 Å². The van der Waals surface area contributed by atoms with Gasteiger partial charge in [0.15, 0.2) is 5.78 Å². The summed E-state index contributed by atoms with van der Waals surface area (Å²) in [6.07, 6.45) is 3.64. The van der Waals surface area contributed by atoms with Gasteiger partial charge in [0.1, 0.15) is 5.76 Å². The first-order valence-electron chi connectivity index (χ1n) is 12.5. The van der Waals surface area contributed by atoms with Crippen LogP contribution in [0.4, 0.5) is 0 Å². The topological polar surface area (TPSA) is 63.1 Å². The molecule has 0 amide bonds. The fourth-order valence-electron chi connectivity index (χ4n) is 3.55. The van der Waals surface area contributed by atoms with E-state index in [-0.39, 0.29) is 37.1 Å². The van der Waals surface area contributed by atoms with Crippen LogP contribution in [-0.2, 0) is 24.9 Å². The number of nitrogens with zero attached hydrogens (tertiary/aromatic N) is 2. The maximum Gasteiger partial charge on any atom is 0.164 e. The molecule has 1 N–H and O–H groups in total. The van der Waals surface area contributed by atoms with Crippen LogP contribution in [-0.4, -0.2) is 21.1 Å². The predicted molar refractivity (Wildman–Crippen MR) is 146 cm³/mol. The minimum atomic E-state index is -0.417. The Morgan fingerprint density at radius 1 is 0.972 bits per heavy atom. The first-order valence-corrected chi connectivity index (χ1v) is 12.5. The SMILES string of the molecule is CC(C)(C)C(=O)/C=C(\O)C(C)(C)C.CCC(CC)c1cc(C)[c-]c(-c2cc3ccccc3nn2)c1.[Ir]. The first kappa shape index (κ1) is 31.7. The zero-order valence-electron chi connectivity index (χ0n) is 23.2. The smallest absolute Gasteiger partial charge is 0.164 e. The van der Waals surface area contributed by atoms with E-state index < -0.39 is 5.41 Å². The van der Waals surface area contributed by atoms with Crippen molar-refractivity contribution in [3.05, 3.63) is 71.5 Å². The molecule has 36 heavy (non-hydrogen) atoms. The van der Waals surface area contributed by atoms with E-state index in [1.165, 1.54) is 11.6 Å². The van der Waals surface area contributed by atoms with Crippen molar-refractivity contribution >= 4 is 16.7 Å². The molecule has 0 aliphatic carbocycles. The van der Waals surface area contributed by atoms with Crippen molar-refractivity contribution < 1.29 is 30.0 Å². The zero-order valence-corrected chi connectivity index (χ0v) is 25.6. The summed E-state index contributed by atoms with van der Waals surface area (Å²) >= 11 is 0. The Labute approximate surface area is 231 Å². The standard InChI is InChI=1S/C20H21N2.C11H20O2.Ir/c1-4-15(5-2)17-10-14(3)11-18(12-17)20-13-16-8-6-7-9-19(16)21-22-20;1-10(2,3)8(12)7-9(13)11(4,5)6;/h6-10,12-13,15H,4-5H2,1-3H3;7,12H,1-6H3;/q-1;;/b;8-7-;. The van der Waals surface area contributed by atoms with Crippen molar-refractivity contribution in [3.8, 4) is 11.3 Å². The van der Waals surface area contributed by atoms with E-state index in [2.05, 4.69) is 61.3 Å². The van der Waals surface area contributed by atoms with Gasteiger partial charge in [-0.15, -0.1) is 34.9 Å². The minimum Gasteiger partial charge on any atom is -0.512 e. The summed E-state index contributed by atoms with van der Waals surface area (Å²) in [5.41, 5.74) is 4.65. The van der Waals surface area contributed by atoms with E-state index in [4.69, 9.17) is 0 Å². The fraction of sp³-hybridized carbons (Fsp3) is 0.452. The Hall–Kier alpha value is -2.36. The van der Waals surface area contributed by atoms with Gasteiger partial charge in [0.2, 0.25) is 0 Å². The van der Waals surface area contributed by atoms with Crippen molar-refractivity contribution in [1.82, 2.24) is 10.2 Å². The van der Waals surface area contributed by atoms with Crippen LogP contribution in [0.3, 0.4) is 0 Å². The van der Waals surface area contributed by atoms with Gasteiger partial charge in [0.05, 0.1) is 5.52 Å². The molecule has 1 radical (unpaired) electrons. The van der Waals surface area contributed by atoms with E-state index in [9.17, 15) is 9.90 Å². The molecule has 0 fully saturated rings. The molecule has 0 unspecified atom stereocenters. The zero-order chi connectivity index (χ0) is 26.4. The molecular weight excluding hydrogens is 625 g/mol. The van der Waals surface area contributed by atoms with Gasteiger partial charge in [-0.05, 0) is 17.4 Å². The van der Waals surface area contributed by atoms with Gasteiger partial charge in [-0.2, -0.15) is 5.10 Å². The second-order valence-corrected chi connectivity index (χ2v) is 11.2. The molecule has 0 saturated carbocycles. The molecule has 1 aromatic heterocycles. The average Bonchev–Trinajstić information content (AvgIpc) is 2.78. The van der Waals surface area contributed by atoms with Gasteiger partial charge in [-0.25, -0.2) is 5.10 Å². The van der Waals surface area contributed by atoms with Crippen molar-refractivity contribution in [1.29, 1.82) is 0 Å². The van der Waals surface area contributed by atoms with Crippen molar-refractivity contribution in [2.75, 3.05) is 0 Å². The molecule has 0 spiro atoms. The number of aliphatic hydroxyl groups excluding tert-OH is 1. The Morgan fingerprint density at radius 2 is 1.58 bits per heavy atom. The second-order valence-electron chi connectivity index (χ2n) is 11.2. The number of carbonyl (C=O) groups is 1. The molecule has 0 aliphatic heterocycles. The van der Waals surface area contributed by atoms with E-state index in [0.29, 0.717) is 5.92 Å². The molecular formula is C31H41IrN2O2-. The average molecular weight is 666 g/mol. The number of allylic oxidation sites excluding steroid dienone is 2. The summed E-state index contributed by atoms with van der Waals surface area (Å²) in [5.74, 6) is 0.702. The number of hydrogen-bond donors (Lipinski definition) is 1. The van der Waals surface area contributed by atoms with Crippen LogP contribution in [0.15, 0.2) is 54.3 Å². The maximum absolute atomic E-state index is 11.5. The monoisotopic (exact) mass is 666 g/mol. The third kappa shape index (κ3) is 8.94. The second kappa shape index (κ2) is 13.3. The van der Waals surface area contributed by atoms with Gasteiger partial charge in [0, 0.05) is 42.7 Å². The quantitative estimate of drug-likeness (QED) is 0.169. The van der Waals surface area contributed by atoms with Crippen LogP contribution in [0.2, 0.25) is 0 Å². The van der Waals surface area contributed by atoms with Crippen LogP contribution >= 0.6 is 0 Å². The number of ketones is 1. The van der Waals surface area contributed by atoms with Gasteiger partial charge < -0.3 is 5.11 Å². The molecule has 3 rings (SSSR count). The molecule has 0 atom stereocenters. The predicted octanol–water partition coefficient (Wildman–Crippen LogP) is 8.40. The van der Waals surface area contributed by atoms with Gasteiger partial charge >= 0.3 is 0 Å². The van der Waals surface area contributed by atoms with Crippen molar-refractivity contribution in [3.63, 3.8) is 0 Å². The summed E-state index contributed by atoms with van der Waals surface area (Å²) in [6, 6.07) is 18.1. The summed E-state index contributed by atoms with van der Waals surface area (Å²) in [6.45, 7) is 17.7. The van der Waals surface area contributed by atoms with Crippen molar-refractivity contribution in [2.45, 2.75) is 81.1 Å². The van der Waals surface area contributed by atoms with Crippen molar-refractivity contribution in [2.24, 2.45) is 10.8 Å². The van der Waals surface area contributed by atoms with Gasteiger partial charge in [0.25, 0.3) is 0 Å². The van der Waals surface area contributed by atoms with Crippen LogP contribution in [0.5, 0.6) is 0 Å². The molecule has 0 bridgehead atoms. The van der Waals surface area contributed by atoms with Gasteiger partial charge in [-0.3, -0.25) is 4.79 Å². The van der Waals surface area contributed by atoms with E-state index >= 15 is 0 Å². The first-order chi connectivity index (χ1) is 16.3. The van der Waals surface area contributed by atoms with E-state index in [1.54, 1.807) is 0 Å². The number of aliphatic hydroxyl groups is 1. The summed E-state index contributed by atoms with van der Waals surface area (Å²) < 4.78 is 0. The van der Waals surface area contributed by atoms with E-state index in [0.717, 1.165) is 40.6 Å². The Bertz CT molecular complexity index is 1180. The summed E-state index contributed by atoms with van der Waals surface area (Å²) in [4.78, 5) is 11.5. The number of aromatic nitrogens is 2. The molecule has 4 nitrogen and oxygen atoms in total. The molecule has 3 aromatic rings. The van der Waals surface area contributed by atoms with E-state index in [1.807, 2.05) is 59.7 Å². The molecule has 197 valence electrons. The third-order valence-electron chi connectivity index (χ3n) is 6.03. The molecule has 5 heteroatoms. The minimum absolute atomic E-state index is 0. The largest absolute Gasteiger partial charge is 0.512 e. The maximum atomic E-state index is 11.5. The van der Waals surface area contributed by atoms with Crippen LogP contribution in [0.25, 0.3) is 22.2 Å². The number of benzene rings is 2. The number of hydrogen-bond acceptors (Lipinski definition) is 4. The number of rotatable bonds is 5. The molecule has 0 saturated heterocycles. The normalized spacial score (nSPS) is 12.1. The summed E-state index contributed by atoms with van der Waals surface area (Å²) in [5, 5.41) is 19.4. The molecule has 0 aliphatic rings.